The molecule has 0 saturated carbocycles. The van der Waals surface area contributed by atoms with Gasteiger partial charge in [-0.3, -0.25) is 14.8 Å². The minimum atomic E-state index is -4.60. The monoisotopic (exact) mass is 520 g/mol. The summed E-state index contributed by atoms with van der Waals surface area (Å²) in [5.41, 5.74) is 5.51. The van der Waals surface area contributed by atoms with Crippen molar-refractivity contribution >= 4 is 28.9 Å². The van der Waals surface area contributed by atoms with Crippen LogP contribution in [0.4, 0.5) is 19.0 Å². The summed E-state index contributed by atoms with van der Waals surface area (Å²) in [5.74, 6) is 0.647. The predicted molar refractivity (Wildman–Crippen MR) is 135 cm³/mol. The van der Waals surface area contributed by atoms with Gasteiger partial charge in [-0.15, -0.1) is 0 Å². The van der Waals surface area contributed by atoms with Gasteiger partial charge in [-0.2, -0.15) is 13.2 Å². The van der Waals surface area contributed by atoms with Crippen molar-refractivity contribution in [3.05, 3.63) is 65.9 Å². The van der Waals surface area contributed by atoms with Crippen LogP contribution >= 0.6 is 11.6 Å². The van der Waals surface area contributed by atoms with E-state index >= 15 is 0 Å². The molecule has 1 amide bonds. The summed E-state index contributed by atoms with van der Waals surface area (Å²) in [6, 6.07) is 1.76. The molecule has 0 spiro atoms. The summed E-state index contributed by atoms with van der Waals surface area (Å²) in [6.45, 7) is 7.17. The third-order valence-corrected chi connectivity index (χ3v) is 6.02. The first-order chi connectivity index (χ1) is 17.1. The maximum Gasteiger partial charge on any atom is 0.417 e. The molecule has 3 rings (SSSR count). The minimum Gasteiger partial charge on any atom is -0.404 e. The van der Waals surface area contributed by atoms with E-state index in [0.717, 1.165) is 25.3 Å². The molecule has 0 unspecified atom stereocenters. The van der Waals surface area contributed by atoms with Crippen molar-refractivity contribution in [3.63, 3.8) is 0 Å². The topological polar surface area (TPSA) is 97.0 Å². The van der Waals surface area contributed by atoms with E-state index < -0.39 is 11.7 Å². The second-order valence-electron chi connectivity index (χ2n) is 8.34. The van der Waals surface area contributed by atoms with Crippen molar-refractivity contribution in [2.45, 2.75) is 44.8 Å². The van der Waals surface area contributed by atoms with Gasteiger partial charge in [-0.25, -0.2) is 4.98 Å². The van der Waals surface area contributed by atoms with Gasteiger partial charge in [0.1, 0.15) is 11.5 Å². The van der Waals surface area contributed by atoms with Gasteiger partial charge in [0.2, 0.25) is 5.91 Å². The Labute approximate surface area is 213 Å². The molecule has 2 aromatic heterocycles. The fourth-order valence-electron chi connectivity index (χ4n) is 3.82. The molecule has 1 aliphatic heterocycles. The van der Waals surface area contributed by atoms with E-state index in [-0.39, 0.29) is 23.2 Å². The summed E-state index contributed by atoms with van der Waals surface area (Å²) in [6.07, 6.45) is 5.31. The van der Waals surface area contributed by atoms with Crippen LogP contribution in [0.3, 0.4) is 0 Å². The molecule has 2 aromatic rings. The number of anilines is 1. The van der Waals surface area contributed by atoms with Crippen LogP contribution < -0.4 is 16.0 Å². The van der Waals surface area contributed by atoms with Gasteiger partial charge < -0.3 is 16.0 Å². The van der Waals surface area contributed by atoms with Crippen molar-refractivity contribution in [2.75, 3.05) is 18.0 Å². The Morgan fingerprint density at radius 2 is 2.03 bits per heavy atom. The number of nitrogens with two attached hydrogens (primary N) is 1. The second-order valence-corrected chi connectivity index (χ2v) is 8.75. The molecule has 0 aliphatic carbocycles. The Balaban J connectivity index is 1.88. The molecule has 1 fully saturated rings. The number of allylic oxidation sites excluding steroid dienone is 4. The maximum absolute atomic E-state index is 13.1. The van der Waals surface area contributed by atoms with Crippen LogP contribution in [-0.2, 0) is 4.79 Å². The number of hydrogen-bond acceptors (Lipinski definition) is 6. The summed E-state index contributed by atoms with van der Waals surface area (Å²) >= 11 is 6.37. The number of piperidine rings is 1. The van der Waals surface area contributed by atoms with E-state index in [1.165, 1.54) is 12.3 Å². The summed E-state index contributed by atoms with van der Waals surface area (Å²) < 4.78 is 39.2. The molecule has 0 bridgehead atoms. The van der Waals surface area contributed by atoms with Gasteiger partial charge >= 0.3 is 6.18 Å². The molecule has 192 valence electrons. The number of rotatable bonds is 8. The third-order valence-electron chi connectivity index (χ3n) is 5.72. The summed E-state index contributed by atoms with van der Waals surface area (Å²) in [7, 11) is 0. The van der Waals surface area contributed by atoms with Crippen molar-refractivity contribution < 1.29 is 18.0 Å². The highest BCUT2D eigenvalue weighted by Gasteiger charge is 2.31. The van der Waals surface area contributed by atoms with E-state index in [1.807, 2.05) is 6.92 Å². The predicted octanol–water partition coefficient (Wildman–Crippen LogP) is 5.05. The smallest absolute Gasteiger partial charge is 0.404 e. The van der Waals surface area contributed by atoms with E-state index in [4.69, 9.17) is 22.3 Å². The number of hydrogen-bond donors (Lipinski definition) is 2. The molecule has 11 heteroatoms. The van der Waals surface area contributed by atoms with Crippen LogP contribution in [0.5, 0.6) is 0 Å². The fourth-order valence-corrected chi connectivity index (χ4v) is 4.02. The first kappa shape index (κ1) is 27.2. The number of halogens is 4. The van der Waals surface area contributed by atoms with Crippen LogP contribution in [0.1, 0.15) is 38.3 Å². The Morgan fingerprint density at radius 3 is 2.64 bits per heavy atom. The molecule has 1 saturated heterocycles. The zero-order valence-electron chi connectivity index (χ0n) is 19.9. The molecule has 3 heterocycles. The minimum absolute atomic E-state index is 0.0550. The lowest BCUT2D eigenvalue weighted by atomic mass is 10.0. The molecule has 36 heavy (non-hydrogen) atoms. The lowest BCUT2D eigenvalue weighted by Gasteiger charge is -2.33. The van der Waals surface area contributed by atoms with E-state index in [0.29, 0.717) is 47.8 Å². The van der Waals surface area contributed by atoms with Gasteiger partial charge in [0.15, 0.2) is 0 Å². The summed E-state index contributed by atoms with van der Waals surface area (Å²) in [4.78, 5) is 27.2. The molecule has 7 nitrogen and oxygen atoms in total. The Morgan fingerprint density at radius 1 is 1.31 bits per heavy atom. The normalized spacial score (nSPS) is 15.4. The molecule has 0 atom stereocenters. The molecule has 3 N–H and O–H groups in total. The first-order valence-electron chi connectivity index (χ1n) is 11.5. The second kappa shape index (κ2) is 12.0. The molecule has 0 aromatic carbocycles. The molecule has 0 radical (unpaired) electrons. The molecule has 1 aliphatic rings. The number of nitrogens with one attached hydrogen (secondary N) is 1. The van der Waals surface area contributed by atoms with E-state index in [2.05, 4.69) is 26.8 Å². The maximum atomic E-state index is 13.1. The third kappa shape index (κ3) is 6.84. The average molecular weight is 521 g/mol. The van der Waals surface area contributed by atoms with Crippen LogP contribution in [-0.4, -0.2) is 46.2 Å². The number of alkyl halides is 3. The number of carbonyl (C=O) groups is 1. The number of amides is 1. The Bertz CT molecular complexity index is 1160. The number of nitrogens with zero attached hydrogens (tertiary/aromatic N) is 4. The highest BCUT2D eigenvalue weighted by molar-refractivity contribution is 6.33. The van der Waals surface area contributed by atoms with Crippen molar-refractivity contribution in [1.29, 1.82) is 0 Å². The van der Waals surface area contributed by atoms with Gasteiger partial charge in [0, 0.05) is 49.7 Å². The van der Waals surface area contributed by atoms with Crippen LogP contribution in [0.2, 0.25) is 5.02 Å². The number of pyridine rings is 1. The van der Waals surface area contributed by atoms with Crippen LogP contribution in [0.25, 0.3) is 16.8 Å². The SMILES string of the molecule is C=C(/C=C\C(=C/N)C(F)(F)F)c1ncc(N2CCC(NC(=O)CCC)CC2)nc1-c1ccncc1Cl. The van der Waals surface area contributed by atoms with Gasteiger partial charge in [-0.05, 0) is 37.0 Å². The van der Waals surface area contributed by atoms with Crippen LogP contribution in [0.15, 0.2) is 55.2 Å². The quantitative estimate of drug-likeness (QED) is 0.473. The highest BCUT2D eigenvalue weighted by atomic mass is 35.5. The molecular weight excluding hydrogens is 493 g/mol. The Kier molecular flexibility index (Phi) is 9.08. The van der Waals surface area contributed by atoms with Crippen molar-refractivity contribution in [3.8, 4) is 11.3 Å². The standard InChI is InChI=1S/C25H28ClF3N6O/c1-3-4-22(36)33-18-8-11-35(12-9-18)21-15-32-23(16(2)5-6-17(13-30)25(27,28)29)24(34-21)19-7-10-31-14-20(19)26/h5-7,10,13-15,18H,2-4,8-9,11-12,30H2,1H3,(H,33,36)/b6-5-,17-13+. The first-order valence-corrected chi connectivity index (χ1v) is 11.9. The highest BCUT2D eigenvalue weighted by Crippen LogP contribution is 2.33. The van der Waals surface area contributed by atoms with E-state index in [9.17, 15) is 18.0 Å². The zero-order chi connectivity index (χ0) is 26.3. The number of carbonyl (C=O) groups excluding carboxylic acids is 1. The largest absolute Gasteiger partial charge is 0.417 e. The zero-order valence-corrected chi connectivity index (χ0v) is 20.6. The Hall–Kier alpha value is -3.40. The van der Waals surface area contributed by atoms with Gasteiger partial charge in [0.05, 0.1) is 22.5 Å². The number of aromatic nitrogens is 3. The van der Waals surface area contributed by atoms with Gasteiger partial charge in [0.25, 0.3) is 0 Å². The molecular formula is C25H28ClF3N6O. The summed E-state index contributed by atoms with van der Waals surface area (Å²) in [5, 5.41) is 3.38. The van der Waals surface area contributed by atoms with Crippen molar-refractivity contribution in [2.24, 2.45) is 5.73 Å². The van der Waals surface area contributed by atoms with Gasteiger partial charge in [-0.1, -0.05) is 31.2 Å². The van der Waals surface area contributed by atoms with E-state index in [1.54, 1.807) is 18.5 Å². The lowest BCUT2D eigenvalue weighted by Crippen LogP contribution is -2.45. The average Bonchev–Trinajstić information content (AvgIpc) is 2.84. The van der Waals surface area contributed by atoms with Crippen LogP contribution in [0, 0.1) is 0 Å². The lowest BCUT2D eigenvalue weighted by molar-refractivity contribution is -0.121. The fraction of sp³-hybridized carbons (Fsp3) is 0.360. The van der Waals surface area contributed by atoms with Crippen molar-refractivity contribution in [1.82, 2.24) is 20.3 Å².